The summed E-state index contributed by atoms with van der Waals surface area (Å²) in [5, 5.41) is 3.82. The Hall–Kier alpha value is -2.54. The molecule has 2 amide bonds. The summed E-state index contributed by atoms with van der Waals surface area (Å²) in [6, 6.07) is 19.7. The number of carbonyl (C=O) groups excluding carboxylic acids is 2. The van der Waals surface area contributed by atoms with Crippen molar-refractivity contribution in [3.05, 3.63) is 97.9 Å². The largest absolute Gasteiger partial charge is 0.484 e. The number of aryl methyl sites for hydroxylation is 1. The molecule has 0 fully saturated rings. The topological polar surface area (TPSA) is 58.6 Å². The normalized spacial score (nSPS) is 11.6. The molecule has 0 heterocycles. The maximum absolute atomic E-state index is 13.6. The molecule has 3 aromatic carbocycles. The lowest BCUT2D eigenvalue weighted by Gasteiger charge is -2.31. The van der Waals surface area contributed by atoms with Crippen LogP contribution in [-0.2, 0) is 22.6 Å². The fourth-order valence-electron chi connectivity index (χ4n) is 3.83. The third-order valence-corrected chi connectivity index (χ3v) is 7.56. The lowest BCUT2D eigenvalue weighted by Crippen LogP contribution is -2.51. The summed E-state index contributed by atoms with van der Waals surface area (Å²) in [5.74, 6) is 0.0685. The van der Waals surface area contributed by atoms with Gasteiger partial charge in [0.05, 0.1) is 10.0 Å². The van der Waals surface area contributed by atoms with Crippen molar-refractivity contribution in [2.75, 3.05) is 13.2 Å². The molecule has 5 nitrogen and oxygen atoms in total. The number of hydrogen-bond acceptors (Lipinski definition) is 3. The van der Waals surface area contributed by atoms with Crippen molar-refractivity contribution in [2.24, 2.45) is 0 Å². The lowest BCUT2D eigenvalue weighted by atomic mass is 10.0. The van der Waals surface area contributed by atoms with Gasteiger partial charge < -0.3 is 15.0 Å². The van der Waals surface area contributed by atoms with Crippen LogP contribution in [0.15, 0.2) is 71.2 Å². The Morgan fingerprint density at radius 1 is 1.00 bits per heavy atom. The Morgan fingerprint density at radius 3 is 2.43 bits per heavy atom. The van der Waals surface area contributed by atoms with E-state index < -0.39 is 6.04 Å². The maximum Gasteiger partial charge on any atom is 0.261 e. The lowest BCUT2D eigenvalue weighted by molar-refractivity contribution is -0.142. The third-order valence-electron chi connectivity index (χ3n) is 5.93. The SMILES string of the molecule is CCCCNC(=O)[C@H](Cc1ccccc1)N(Cc1ccc(Cl)c(Cl)c1)C(=O)COc1ccc(Br)c(C)c1. The second kappa shape index (κ2) is 14.4. The monoisotopic (exact) mass is 604 g/mol. The molecule has 0 aliphatic rings. The molecule has 0 aromatic heterocycles. The van der Waals surface area contributed by atoms with Gasteiger partial charge in [-0.15, -0.1) is 0 Å². The Morgan fingerprint density at radius 2 is 1.76 bits per heavy atom. The van der Waals surface area contributed by atoms with E-state index in [1.165, 1.54) is 0 Å². The van der Waals surface area contributed by atoms with Crippen molar-refractivity contribution in [1.82, 2.24) is 10.2 Å². The number of hydrogen-bond donors (Lipinski definition) is 1. The van der Waals surface area contributed by atoms with E-state index in [-0.39, 0.29) is 25.0 Å². The number of amides is 2. The van der Waals surface area contributed by atoms with Gasteiger partial charge in [0.25, 0.3) is 5.91 Å². The summed E-state index contributed by atoms with van der Waals surface area (Å²) in [7, 11) is 0. The van der Waals surface area contributed by atoms with E-state index in [4.69, 9.17) is 27.9 Å². The smallest absolute Gasteiger partial charge is 0.261 e. The third kappa shape index (κ3) is 8.77. The molecule has 0 radical (unpaired) electrons. The number of unbranched alkanes of at least 4 members (excludes halogenated alkanes) is 1. The Balaban J connectivity index is 1.91. The van der Waals surface area contributed by atoms with E-state index in [9.17, 15) is 9.59 Å². The summed E-state index contributed by atoms with van der Waals surface area (Å²) in [6.45, 7) is 4.53. The van der Waals surface area contributed by atoms with Crippen LogP contribution in [0, 0.1) is 6.92 Å². The van der Waals surface area contributed by atoms with Crippen LogP contribution >= 0.6 is 39.1 Å². The summed E-state index contributed by atoms with van der Waals surface area (Å²) < 4.78 is 6.81. The van der Waals surface area contributed by atoms with Crippen LogP contribution in [0.4, 0.5) is 0 Å². The van der Waals surface area contributed by atoms with Crippen molar-refractivity contribution in [1.29, 1.82) is 0 Å². The van der Waals surface area contributed by atoms with E-state index in [1.807, 2.05) is 55.5 Å². The first-order chi connectivity index (χ1) is 17.8. The highest BCUT2D eigenvalue weighted by Crippen LogP contribution is 2.25. The van der Waals surface area contributed by atoms with Gasteiger partial charge in [0.15, 0.2) is 6.61 Å². The predicted octanol–water partition coefficient (Wildman–Crippen LogP) is 7.00. The molecule has 0 aliphatic heterocycles. The first-order valence-corrected chi connectivity index (χ1v) is 13.8. The minimum atomic E-state index is -0.739. The van der Waals surface area contributed by atoms with Gasteiger partial charge in [0.2, 0.25) is 5.91 Å². The zero-order chi connectivity index (χ0) is 26.8. The van der Waals surface area contributed by atoms with Crippen molar-refractivity contribution < 1.29 is 14.3 Å². The minimum absolute atomic E-state index is 0.178. The molecule has 0 spiro atoms. The number of nitrogens with one attached hydrogen (secondary N) is 1. The predicted molar refractivity (Wildman–Crippen MR) is 153 cm³/mol. The van der Waals surface area contributed by atoms with E-state index in [2.05, 4.69) is 28.2 Å². The van der Waals surface area contributed by atoms with Crippen LogP contribution in [-0.4, -0.2) is 35.9 Å². The molecule has 0 aliphatic carbocycles. The zero-order valence-corrected chi connectivity index (χ0v) is 24.1. The number of benzene rings is 3. The average molecular weight is 606 g/mol. The molecule has 8 heteroatoms. The van der Waals surface area contributed by atoms with Gasteiger partial charge in [-0.2, -0.15) is 0 Å². The number of rotatable bonds is 12. The van der Waals surface area contributed by atoms with Crippen molar-refractivity contribution in [3.8, 4) is 5.75 Å². The first kappa shape index (κ1) is 29.0. The Kier molecular flexibility index (Phi) is 11.3. The van der Waals surface area contributed by atoms with Gasteiger partial charge in [-0.3, -0.25) is 9.59 Å². The van der Waals surface area contributed by atoms with E-state index in [1.54, 1.807) is 23.1 Å². The molecular weight excluding hydrogens is 575 g/mol. The van der Waals surface area contributed by atoms with Crippen LogP contribution in [0.1, 0.15) is 36.5 Å². The van der Waals surface area contributed by atoms with E-state index in [0.717, 1.165) is 34.0 Å². The molecule has 0 saturated heterocycles. The number of carbonyl (C=O) groups is 2. The minimum Gasteiger partial charge on any atom is -0.484 e. The molecule has 1 atom stereocenters. The zero-order valence-electron chi connectivity index (χ0n) is 21.0. The Bertz CT molecular complexity index is 1210. The highest BCUT2D eigenvalue weighted by atomic mass is 79.9. The first-order valence-electron chi connectivity index (χ1n) is 12.2. The van der Waals surface area contributed by atoms with Crippen LogP contribution in [0.2, 0.25) is 10.0 Å². The van der Waals surface area contributed by atoms with Crippen molar-refractivity contribution in [3.63, 3.8) is 0 Å². The van der Waals surface area contributed by atoms with Crippen LogP contribution in [0.25, 0.3) is 0 Å². The molecule has 0 saturated carbocycles. The summed E-state index contributed by atoms with van der Waals surface area (Å²) in [4.78, 5) is 28.7. The summed E-state index contributed by atoms with van der Waals surface area (Å²) >= 11 is 15.8. The van der Waals surface area contributed by atoms with Crippen molar-refractivity contribution >= 4 is 50.9 Å². The second-order valence-electron chi connectivity index (χ2n) is 8.82. The van der Waals surface area contributed by atoms with Crippen LogP contribution in [0.3, 0.4) is 0 Å². The molecule has 0 bridgehead atoms. The summed E-state index contributed by atoms with van der Waals surface area (Å²) in [6.07, 6.45) is 2.18. The highest BCUT2D eigenvalue weighted by Gasteiger charge is 2.30. The molecule has 1 N–H and O–H groups in total. The van der Waals surface area contributed by atoms with Gasteiger partial charge >= 0.3 is 0 Å². The molecule has 3 aromatic rings. The highest BCUT2D eigenvalue weighted by molar-refractivity contribution is 9.10. The fourth-order valence-corrected chi connectivity index (χ4v) is 4.40. The van der Waals surface area contributed by atoms with Gasteiger partial charge in [0.1, 0.15) is 11.8 Å². The molecule has 0 unspecified atom stereocenters. The van der Waals surface area contributed by atoms with Crippen LogP contribution < -0.4 is 10.1 Å². The maximum atomic E-state index is 13.6. The molecular formula is C29H31BrCl2N2O3. The molecule has 37 heavy (non-hydrogen) atoms. The van der Waals surface area contributed by atoms with Gasteiger partial charge in [-0.05, 0) is 60.4 Å². The fraction of sp³-hybridized carbons (Fsp3) is 0.310. The second-order valence-corrected chi connectivity index (χ2v) is 10.5. The standard InChI is InChI=1S/C29H31BrCl2N2O3/c1-3-4-14-33-29(36)27(17-21-8-6-5-7-9-21)34(18-22-10-13-25(31)26(32)16-22)28(35)19-37-23-11-12-24(30)20(2)15-23/h5-13,15-16,27H,3-4,14,17-19H2,1-2H3,(H,33,36)/t27-/m0/s1. The van der Waals surface area contributed by atoms with Crippen LogP contribution in [0.5, 0.6) is 5.75 Å². The average Bonchev–Trinajstić information content (AvgIpc) is 2.89. The molecule has 196 valence electrons. The Labute approximate surface area is 237 Å². The number of nitrogens with zero attached hydrogens (tertiary/aromatic N) is 1. The summed E-state index contributed by atoms with van der Waals surface area (Å²) in [5.41, 5.74) is 2.71. The van der Waals surface area contributed by atoms with Gasteiger partial charge in [-0.25, -0.2) is 0 Å². The number of ether oxygens (including phenoxy) is 1. The van der Waals surface area contributed by atoms with Crippen molar-refractivity contribution in [2.45, 2.75) is 45.7 Å². The van der Waals surface area contributed by atoms with E-state index >= 15 is 0 Å². The molecule has 3 rings (SSSR count). The van der Waals surface area contributed by atoms with E-state index in [0.29, 0.717) is 28.8 Å². The quantitative estimate of drug-likeness (QED) is 0.226. The number of halogens is 3. The van der Waals surface area contributed by atoms with Gasteiger partial charge in [0, 0.05) is 24.0 Å². The van der Waals surface area contributed by atoms with Gasteiger partial charge in [-0.1, -0.05) is 88.9 Å².